The predicted molar refractivity (Wildman–Crippen MR) is 154 cm³/mol. The minimum atomic E-state index is -0.774. The topological polar surface area (TPSA) is 146 Å². The van der Waals surface area contributed by atoms with Crippen LogP contribution in [0.25, 0.3) is 0 Å². The third-order valence-corrected chi connectivity index (χ3v) is 6.36. The van der Waals surface area contributed by atoms with Crippen molar-refractivity contribution < 1.29 is 38.1 Å². The molecule has 0 saturated heterocycles. The summed E-state index contributed by atoms with van der Waals surface area (Å²) in [4.78, 5) is 37.1. The van der Waals surface area contributed by atoms with Crippen LogP contribution in [0.2, 0.25) is 0 Å². The lowest BCUT2D eigenvalue weighted by Gasteiger charge is -2.28. The van der Waals surface area contributed by atoms with E-state index in [9.17, 15) is 14.4 Å². The van der Waals surface area contributed by atoms with Crippen molar-refractivity contribution in [3.8, 4) is 23.0 Å². The lowest BCUT2D eigenvalue weighted by molar-refractivity contribution is -0.139. The summed E-state index contributed by atoms with van der Waals surface area (Å²) in [6.45, 7) is 7.09. The first-order chi connectivity index (χ1) is 19.7. The van der Waals surface area contributed by atoms with Gasteiger partial charge in [-0.15, -0.1) is 0 Å². The standard InChI is InChI=1S/C28H31BrN4O8/c1-6-10-40-23-13-19(29)18(12-22(23)38-5)14-30-33-24(34)15-41-20-9-8-17(11-21(20)37-4)26-25(27(35)39-7-2)16(3)31-28(36)32-26/h6,8-9,11-14,26H,1,7,10,15H2,2-5H3,(H,33,34)(H2,31,32,36)/b30-14-/t26-/m0/s1. The van der Waals surface area contributed by atoms with E-state index in [1.807, 2.05) is 0 Å². The molecular formula is C28H31BrN4O8. The van der Waals surface area contributed by atoms with Gasteiger partial charge in [0.05, 0.1) is 38.7 Å². The first-order valence-electron chi connectivity index (χ1n) is 12.4. The molecule has 0 bridgehead atoms. The largest absolute Gasteiger partial charge is 0.493 e. The maximum atomic E-state index is 12.6. The molecule has 1 aliphatic rings. The van der Waals surface area contributed by atoms with Crippen molar-refractivity contribution >= 4 is 40.1 Å². The minimum Gasteiger partial charge on any atom is -0.493 e. The second kappa shape index (κ2) is 14.7. The highest BCUT2D eigenvalue weighted by Gasteiger charge is 2.32. The second-order valence-corrected chi connectivity index (χ2v) is 9.26. The van der Waals surface area contributed by atoms with Gasteiger partial charge < -0.3 is 34.3 Å². The lowest BCUT2D eigenvalue weighted by Crippen LogP contribution is -2.45. The maximum Gasteiger partial charge on any atom is 0.338 e. The zero-order valence-corrected chi connectivity index (χ0v) is 24.6. The molecule has 0 radical (unpaired) electrons. The van der Waals surface area contributed by atoms with Crippen LogP contribution in [-0.2, 0) is 14.3 Å². The van der Waals surface area contributed by atoms with Gasteiger partial charge in [-0.05, 0) is 59.6 Å². The van der Waals surface area contributed by atoms with Crippen LogP contribution >= 0.6 is 15.9 Å². The second-order valence-electron chi connectivity index (χ2n) is 8.41. The third-order valence-electron chi connectivity index (χ3n) is 5.68. The van der Waals surface area contributed by atoms with Gasteiger partial charge in [-0.3, -0.25) is 4.79 Å². The normalized spacial score (nSPS) is 14.6. The molecule has 3 N–H and O–H groups in total. The molecule has 3 rings (SSSR count). The van der Waals surface area contributed by atoms with Gasteiger partial charge in [0.1, 0.15) is 6.61 Å². The summed E-state index contributed by atoms with van der Waals surface area (Å²) >= 11 is 3.45. The number of allylic oxidation sites excluding steroid dienone is 1. The summed E-state index contributed by atoms with van der Waals surface area (Å²) in [5.74, 6) is 0.515. The van der Waals surface area contributed by atoms with E-state index in [0.29, 0.717) is 45.2 Å². The Morgan fingerprint density at radius 3 is 2.51 bits per heavy atom. The monoisotopic (exact) mass is 630 g/mol. The Balaban J connectivity index is 1.67. The number of benzene rings is 2. The molecule has 0 aliphatic carbocycles. The number of urea groups is 1. The highest BCUT2D eigenvalue weighted by molar-refractivity contribution is 9.10. The molecule has 1 aliphatic heterocycles. The zero-order chi connectivity index (χ0) is 29.9. The van der Waals surface area contributed by atoms with Gasteiger partial charge in [0.2, 0.25) is 0 Å². The van der Waals surface area contributed by atoms with Gasteiger partial charge in [-0.25, -0.2) is 15.0 Å². The Bertz CT molecular complexity index is 1380. The van der Waals surface area contributed by atoms with E-state index in [0.717, 1.165) is 0 Å². The summed E-state index contributed by atoms with van der Waals surface area (Å²) in [5, 5.41) is 9.29. The van der Waals surface area contributed by atoms with E-state index in [-0.39, 0.29) is 24.5 Å². The molecule has 0 fully saturated rings. The number of rotatable bonds is 13. The van der Waals surface area contributed by atoms with Crippen LogP contribution in [0.5, 0.6) is 23.0 Å². The molecule has 1 heterocycles. The average Bonchev–Trinajstić information content (AvgIpc) is 2.95. The molecule has 12 nitrogen and oxygen atoms in total. The predicted octanol–water partition coefficient (Wildman–Crippen LogP) is 3.75. The van der Waals surface area contributed by atoms with Gasteiger partial charge >= 0.3 is 12.0 Å². The molecule has 218 valence electrons. The highest BCUT2D eigenvalue weighted by atomic mass is 79.9. The number of methoxy groups -OCH3 is 2. The van der Waals surface area contributed by atoms with Crippen LogP contribution < -0.4 is 35.0 Å². The fraction of sp³-hybridized carbons (Fsp3) is 0.286. The van der Waals surface area contributed by atoms with E-state index in [4.69, 9.17) is 23.7 Å². The van der Waals surface area contributed by atoms with Crippen molar-refractivity contribution in [2.24, 2.45) is 5.10 Å². The van der Waals surface area contributed by atoms with Gasteiger partial charge in [0.25, 0.3) is 5.91 Å². The summed E-state index contributed by atoms with van der Waals surface area (Å²) in [6, 6.07) is 7.05. The van der Waals surface area contributed by atoms with E-state index >= 15 is 0 Å². The Hall–Kier alpha value is -4.52. The van der Waals surface area contributed by atoms with Crippen LogP contribution in [0, 0.1) is 0 Å². The van der Waals surface area contributed by atoms with Crippen LogP contribution in [0.4, 0.5) is 4.79 Å². The Labute approximate surface area is 245 Å². The van der Waals surface area contributed by atoms with Crippen molar-refractivity contribution in [3.63, 3.8) is 0 Å². The van der Waals surface area contributed by atoms with Crippen molar-refractivity contribution in [2.45, 2.75) is 19.9 Å². The van der Waals surface area contributed by atoms with Gasteiger partial charge in [-0.2, -0.15) is 5.10 Å². The van der Waals surface area contributed by atoms with Crippen molar-refractivity contribution in [1.82, 2.24) is 16.1 Å². The fourth-order valence-corrected chi connectivity index (χ4v) is 4.25. The van der Waals surface area contributed by atoms with Crippen molar-refractivity contribution in [3.05, 3.63) is 69.9 Å². The Morgan fingerprint density at radius 1 is 1.10 bits per heavy atom. The molecule has 13 heteroatoms. The average molecular weight is 631 g/mol. The van der Waals surface area contributed by atoms with Crippen LogP contribution in [0.1, 0.15) is 31.0 Å². The molecule has 0 aromatic heterocycles. The number of carbonyl (C=O) groups is 3. The SMILES string of the molecule is C=CCOc1cc(Br)c(/C=N\NC(=O)COc2ccc([C@@H]3NC(=O)NC(C)=C3C(=O)OCC)cc2OC)cc1OC. The number of esters is 1. The summed E-state index contributed by atoms with van der Waals surface area (Å²) in [5.41, 5.74) is 4.25. The molecular weight excluding hydrogens is 600 g/mol. The van der Waals surface area contributed by atoms with E-state index in [1.54, 1.807) is 50.3 Å². The highest BCUT2D eigenvalue weighted by Crippen LogP contribution is 2.35. The smallest absolute Gasteiger partial charge is 0.338 e. The third kappa shape index (κ3) is 8.01. The summed E-state index contributed by atoms with van der Waals surface area (Å²) in [6.07, 6.45) is 3.07. The molecule has 2 aromatic carbocycles. The molecule has 0 spiro atoms. The van der Waals surface area contributed by atoms with Gasteiger partial charge in [0.15, 0.2) is 29.6 Å². The number of hydrazone groups is 1. The summed E-state index contributed by atoms with van der Waals surface area (Å²) < 4.78 is 27.8. The number of hydrogen-bond donors (Lipinski definition) is 3. The maximum absolute atomic E-state index is 12.6. The van der Waals surface area contributed by atoms with Crippen LogP contribution in [0.15, 0.2) is 63.8 Å². The van der Waals surface area contributed by atoms with Crippen molar-refractivity contribution in [2.75, 3.05) is 34.0 Å². The van der Waals surface area contributed by atoms with Crippen LogP contribution in [-0.4, -0.2) is 58.2 Å². The van der Waals surface area contributed by atoms with Gasteiger partial charge in [0, 0.05) is 15.7 Å². The summed E-state index contributed by atoms with van der Waals surface area (Å²) in [7, 11) is 2.95. The fourth-order valence-electron chi connectivity index (χ4n) is 3.83. The zero-order valence-electron chi connectivity index (χ0n) is 23.0. The van der Waals surface area contributed by atoms with E-state index < -0.39 is 23.9 Å². The first-order valence-corrected chi connectivity index (χ1v) is 13.2. The number of nitrogens with one attached hydrogen (secondary N) is 3. The molecule has 0 saturated carbocycles. The minimum absolute atomic E-state index is 0.182. The van der Waals surface area contributed by atoms with Gasteiger partial charge in [-0.1, -0.05) is 18.7 Å². The van der Waals surface area contributed by atoms with E-state index in [1.165, 1.54) is 20.4 Å². The van der Waals surface area contributed by atoms with Crippen molar-refractivity contribution in [1.29, 1.82) is 0 Å². The molecule has 2 aromatic rings. The quantitative estimate of drug-likeness (QED) is 0.131. The molecule has 41 heavy (non-hydrogen) atoms. The Kier molecular flexibility index (Phi) is 11.2. The Morgan fingerprint density at radius 2 is 1.83 bits per heavy atom. The lowest BCUT2D eigenvalue weighted by atomic mass is 9.95. The number of hydrogen-bond acceptors (Lipinski definition) is 9. The number of nitrogens with zero attached hydrogens (tertiary/aromatic N) is 1. The number of halogens is 1. The van der Waals surface area contributed by atoms with E-state index in [2.05, 4.69) is 43.7 Å². The number of amides is 3. The molecule has 0 unspecified atom stereocenters. The molecule has 3 amide bonds. The van der Waals surface area contributed by atoms with Crippen LogP contribution in [0.3, 0.4) is 0 Å². The first kappa shape index (κ1) is 31.0. The molecule has 1 atom stereocenters. The number of carbonyl (C=O) groups excluding carboxylic acids is 3. The number of ether oxygens (including phenoxy) is 5.